The highest BCUT2D eigenvalue weighted by atomic mass is 35.5. The molecule has 0 amide bonds. The predicted molar refractivity (Wildman–Crippen MR) is 410 cm³/mol. The number of ether oxygens (including phenoxy) is 17. The molecule has 4 bridgehead atoms. The lowest BCUT2D eigenvalue weighted by molar-refractivity contribution is -0.371. The molecule has 115 heavy (non-hydrogen) atoms. The quantitative estimate of drug-likeness (QED) is 0.00533. The van der Waals surface area contributed by atoms with E-state index < -0.39 is 104 Å². The van der Waals surface area contributed by atoms with Crippen molar-refractivity contribution in [3.63, 3.8) is 0 Å². The Kier molecular flexibility index (Phi) is 37.2. The second-order valence-electron chi connectivity index (χ2n) is 30.1. The van der Waals surface area contributed by atoms with Crippen LogP contribution in [-0.4, -0.2) is 238 Å². The molecule has 12 rings (SSSR count). The van der Waals surface area contributed by atoms with Crippen molar-refractivity contribution in [2.75, 3.05) is 46.0 Å². The number of ketones is 3. The number of Topliss-reactive ketones (excluding diaryl/α,β-unsaturated/α-hetero) is 3. The minimum atomic E-state index is -1.26. The van der Waals surface area contributed by atoms with Gasteiger partial charge in [-0.15, -0.1) is 11.6 Å². The van der Waals surface area contributed by atoms with E-state index in [0.29, 0.717) is 38.3 Å². The van der Waals surface area contributed by atoms with E-state index in [9.17, 15) is 44.1 Å². The van der Waals surface area contributed by atoms with Crippen molar-refractivity contribution in [1.29, 1.82) is 0 Å². The van der Waals surface area contributed by atoms with Crippen molar-refractivity contribution in [2.45, 2.75) is 255 Å². The number of hydrogen-bond acceptors (Lipinski definition) is 29. The molecule has 8 heterocycles. The maximum absolute atomic E-state index is 12.2. The van der Waals surface area contributed by atoms with E-state index >= 15 is 0 Å². The van der Waals surface area contributed by atoms with Crippen LogP contribution in [0, 0.1) is 23.7 Å². The van der Waals surface area contributed by atoms with Crippen molar-refractivity contribution in [1.82, 2.24) is 5.32 Å². The highest BCUT2D eigenvalue weighted by molar-refractivity contribution is 6.27. The molecule has 11 unspecified atom stereocenters. The molecule has 34 heteroatoms. The van der Waals surface area contributed by atoms with Crippen LogP contribution in [0.25, 0.3) is 20.9 Å². The highest BCUT2D eigenvalue weighted by Crippen LogP contribution is 2.44. The highest BCUT2D eigenvalue weighted by Gasteiger charge is 2.58. The van der Waals surface area contributed by atoms with Crippen molar-refractivity contribution in [3.05, 3.63) is 164 Å². The molecule has 0 saturated carbocycles. The summed E-state index contributed by atoms with van der Waals surface area (Å²) < 4.78 is 95.4. The van der Waals surface area contributed by atoms with Gasteiger partial charge in [0.2, 0.25) is 0 Å². The number of nitrogens with zero attached hydrogens (tertiary/aromatic N) is 6. The van der Waals surface area contributed by atoms with Crippen LogP contribution in [0.3, 0.4) is 0 Å². The molecule has 0 aliphatic carbocycles. The average molecular weight is 1630 g/mol. The van der Waals surface area contributed by atoms with Gasteiger partial charge < -0.3 is 96.4 Å². The third kappa shape index (κ3) is 27.0. The summed E-state index contributed by atoms with van der Waals surface area (Å²) in [7, 11) is 1.58. The van der Waals surface area contributed by atoms with Gasteiger partial charge in [-0.05, 0) is 80.6 Å². The van der Waals surface area contributed by atoms with Gasteiger partial charge >= 0.3 is 5.97 Å². The number of carbonyl (C=O) groups excluding carboxylic acids is 6. The van der Waals surface area contributed by atoms with E-state index in [1.165, 1.54) is 13.8 Å². The molecule has 8 saturated heterocycles. The van der Waals surface area contributed by atoms with Crippen LogP contribution in [0.4, 0.5) is 0 Å². The van der Waals surface area contributed by atoms with Gasteiger partial charge in [0.15, 0.2) is 36.7 Å². The van der Waals surface area contributed by atoms with Crippen LogP contribution >= 0.6 is 11.6 Å². The van der Waals surface area contributed by atoms with Crippen molar-refractivity contribution >= 4 is 47.9 Å². The van der Waals surface area contributed by atoms with Crippen LogP contribution in [0.5, 0.6) is 0 Å². The summed E-state index contributed by atoms with van der Waals surface area (Å²) in [6.07, 6.45) is -7.08. The van der Waals surface area contributed by atoms with Gasteiger partial charge in [0.25, 0.3) is 18.9 Å². The number of aliphatic hydroxyl groups is 3. The lowest BCUT2D eigenvalue weighted by Gasteiger charge is -2.43. The molecule has 0 radical (unpaired) electrons. The van der Waals surface area contributed by atoms with Crippen molar-refractivity contribution in [3.8, 4) is 0 Å². The van der Waals surface area contributed by atoms with E-state index in [-0.39, 0.29) is 129 Å². The topological polar surface area (TPSA) is 430 Å². The number of fused-ring (bicyclic) bond motifs is 5. The fourth-order valence-electron chi connectivity index (χ4n) is 15.0. The molecule has 4 N–H and O–H groups in total. The van der Waals surface area contributed by atoms with E-state index in [2.05, 4.69) is 25.4 Å². The zero-order valence-corrected chi connectivity index (χ0v) is 67.4. The summed E-state index contributed by atoms with van der Waals surface area (Å²) in [4.78, 5) is 72.8. The first kappa shape index (κ1) is 93.0. The SMILES string of the molecule is CC(=O)CO[C@H]1C(C)[C@@H]2OC(C)(OC(C)(C)C)OC2O[C@H]1COC=O.CC(=O)OC1[C@H](N=[N+]=[N-])C2OC[C@@H](O2)[C@H]1O.CCC1O[C@H](OC)C(NCC(=O)c2ccccc2)[C@@H](C)[C@@H]1O.C[C@@H]1C(OCc2ccccc2)[C@H](O)OC(COC=O)[C@H]1CC(=O)CCl.[N-]=[N+]=N[C@@H]1C2CC[C@@H](O2)[C@@H](OCc2ccccc2)C1OCc1ccccc1. The minimum Gasteiger partial charge on any atom is -0.465 e. The molecule has 8 aliphatic rings. The van der Waals surface area contributed by atoms with Crippen LogP contribution < -0.4 is 5.32 Å². The number of benzene rings is 4. The summed E-state index contributed by atoms with van der Waals surface area (Å²) >= 11 is 5.62. The molecular weight excluding hydrogens is 1520 g/mol. The number of methoxy groups -OCH3 is 1. The second-order valence-corrected chi connectivity index (χ2v) is 30.4. The van der Waals surface area contributed by atoms with Crippen LogP contribution in [0.1, 0.15) is 122 Å². The molecule has 632 valence electrons. The predicted octanol–water partition coefficient (Wildman–Crippen LogP) is 9.03. The average Bonchev–Trinajstić information content (AvgIpc) is 1.62. The van der Waals surface area contributed by atoms with Gasteiger partial charge in [-0.1, -0.05) is 159 Å². The number of halogens is 1. The number of azide groups is 2. The number of rotatable bonds is 31. The Labute approximate surface area is 674 Å². The lowest BCUT2D eigenvalue weighted by atomic mass is 9.79. The standard InChI is InChI=1S/C21H23N3O3.C18H23ClO6.C17H25NO4.C17H28O8.C8H11N3O5/c22-24-23-19-17-11-12-18(27-17)20(25-13-15-7-3-1-4-8-15)21(19)26-14-16-9-5-2-6-10-16;1-12-15(7-14(21)8-19)16(10-23-11-20)25-18(22)17(12)24-9-13-5-3-2-4-6-13;1-4-14-16(20)11(2)15(17(21-3)22-14)18-10-13(19)12-8-6-5-7-9-12;1-10(19)7-21-13-11(2)14-15(22-12(13)8-20-9-18)24-17(6,23-14)25-16(3,4)5;1-3(12)15-7-5(10-11-9)8-14-2-4(16-8)6(7)13/h1-10,17-21H,11-14H2;2-6,11-12,15-18,22H,7-10H2,1H3;5-9,11,14-18,20H,4,10H2,1-3H3;9,11-15H,7-8H2,1-6H3;4-8,13H,2H2,1H3/t17?,18-,19-,20-,21?;12-,15-,16?,17?,18+;11-,14?,15?,16+,17+;11?,12-,13-,14-,15?,17?;4-,5+,6-,7?,8?/m10101/s1. The molecule has 26 atom stereocenters. The largest absolute Gasteiger partial charge is 0.465 e. The fourth-order valence-corrected chi connectivity index (χ4v) is 15.1. The lowest BCUT2D eigenvalue weighted by Crippen LogP contribution is -2.59. The second kappa shape index (κ2) is 46.0. The summed E-state index contributed by atoms with van der Waals surface area (Å²) in [6.45, 7) is 20.0. The van der Waals surface area contributed by atoms with Gasteiger partial charge in [-0.25, -0.2) is 0 Å². The van der Waals surface area contributed by atoms with E-state index in [1.54, 1.807) is 26.2 Å². The van der Waals surface area contributed by atoms with E-state index in [4.69, 9.17) is 103 Å². The Balaban J connectivity index is 0.000000181. The van der Waals surface area contributed by atoms with Crippen LogP contribution in [-0.2, 0) is 124 Å². The van der Waals surface area contributed by atoms with Gasteiger partial charge in [0, 0.05) is 60.5 Å². The van der Waals surface area contributed by atoms with Crippen LogP contribution in [0.2, 0.25) is 0 Å². The molecule has 4 aromatic carbocycles. The van der Waals surface area contributed by atoms with Crippen LogP contribution in [0.15, 0.2) is 132 Å². The van der Waals surface area contributed by atoms with Gasteiger partial charge in [0.1, 0.15) is 74.4 Å². The fraction of sp³-hybridized carbons (Fsp3) is 0.630. The molecule has 8 aliphatic heterocycles. The molecule has 33 nitrogen and oxygen atoms in total. The Bertz CT molecular complexity index is 3740. The molecule has 0 spiro atoms. The first-order chi connectivity index (χ1) is 55.2. The number of alkyl halides is 1. The third-order valence-corrected chi connectivity index (χ3v) is 20.9. The van der Waals surface area contributed by atoms with E-state index in [0.717, 1.165) is 36.0 Å². The summed E-state index contributed by atoms with van der Waals surface area (Å²) in [5.41, 5.74) is 20.8. The monoisotopic (exact) mass is 1630 g/mol. The van der Waals surface area contributed by atoms with Crippen molar-refractivity contribution < 1.29 is 125 Å². The summed E-state index contributed by atoms with van der Waals surface area (Å²) in [5, 5.41) is 41.1. The van der Waals surface area contributed by atoms with Gasteiger partial charge in [-0.2, -0.15) is 0 Å². The normalized spacial score (nSPS) is 33.4. The Morgan fingerprint density at radius 3 is 1.73 bits per heavy atom. The molecule has 4 aromatic rings. The maximum Gasteiger partial charge on any atom is 0.303 e. The first-order valence-corrected chi connectivity index (χ1v) is 39.1. The summed E-state index contributed by atoms with van der Waals surface area (Å²) in [5.74, 6) is -2.80. The molecule has 0 aromatic heterocycles. The Morgan fingerprint density at radius 1 is 0.635 bits per heavy atom. The number of carbonyl (C=O) groups is 6. The third-order valence-electron chi connectivity index (χ3n) is 20.6. The van der Waals surface area contributed by atoms with Gasteiger partial charge in [-0.3, -0.25) is 33.5 Å². The Hall–Kier alpha value is -7.51. The zero-order chi connectivity index (χ0) is 83.4. The maximum atomic E-state index is 12.2. The number of esters is 1. The minimum absolute atomic E-state index is 0.000165. The Morgan fingerprint density at radius 2 is 1.19 bits per heavy atom. The number of hydrogen-bond donors (Lipinski definition) is 4. The van der Waals surface area contributed by atoms with E-state index in [1.807, 2.05) is 158 Å². The number of aliphatic hydroxyl groups excluding tert-OH is 3. The first-order valence-electron chi connectivity index (χ1n) is 38.5. The number of nitrogens with one attached hydrogen (secondary N) is 1. The zero-order valence-electron chi connectivity index (χ0n) is 66.6. The molecular formula is C81H110ClN7O26. The van der Waals surface area contributed by atoms with Crippen molar-refractivity contribution in [2.24, 2.45) is 33.9 Å². The molecule has 8 fully saturated rings. The van der Waals surface area contributed by atoms with Gasteiger partial charge in [0.05, 0.1) is 99.3 Å². The smallest absolute Gasteiger partial charge is 0.303 e. The summed E-state index contributed by atoms with van der Waals surface area (Å²) in [6, 6.07) is 37.3.